The lowest BCUT2D eigenvalue weighted by atomic mass is 9.51. The van der Waals surface area contributed by atoms with Crippen LogP contribution in [0.4, 0.5) is 0 Å². The first-order valence-electron chi connectivity index (χ1n) is 12.3. The molecule has 1 saturated heterocycles. The highest BCUT2D eigenvalue weighted by molar-refractivity contribution is 6.18. The smallest absolute Gasteiger partial charge is 0.307 e. The Balaban J connectivity index is 1.58. The molecule has 2 bridgehead atoms. The van der Waals surface area contributed by atoms with Gasteiger partial charge in [0, 0.05) is 23.8 Å². The first-order valence-corrected chi connectivity index (χ1v) is 12.8. The van der Waals surface area contributed by atoms with Crippen molar-refractivity contribution in [2.24, 2.45) is 5.92 Å². The molecule has 0 radical (unpaired) electrons. The van der Waals surface area contributed by atoms with Crippen LogP contribution in [0.5, 0.6) is 0 Å². The van der Waals surface area contributed by atoms with E-state index in [9.17, 15) is 4.79 Å². The number of hydrogen-bond acceptors (Lipinski definition) is 3. The third-order valence-electron chi connectivity index (χ3n) is 8.20. The second-order valence-electron chi connectivity index (χ2n) is 9.96. The molecule has 4 fully saturated rings. The van der Waals surface area contributed by atoms with E-state index in [2.05, 4.69) is 65.6 Å². The van der Waals surface area contributed by atoms with E-state index in [-0.39, 0.29) is 24.0 Å². The predicted molar refractivity (Wildman–Crippen MR) is 129 cm³/mol. The molecule has 0 amide bonds. The molecule has 3 saturated carbocycles. The van der Waals surface area contributed by atoms with Gasteiger partial charge in [0.15, 0.2) is 0 Å². The number of hydrogen-bond donors (Lipinski definition) is 0. The van der Waals surface area contributed by atoms with Crippen LogP contribution in [0.2, 0.25) is 0 Å². The zero-order valence-electron chi connectivity index (χ0n) is 18.8. The molecule has 2 aromatic carbocycles. The SMILES string of the molecule is O=C(CCCl)O[C@H]1CC2(N3CCCCC3)C[C@@H](c3ccccc3)C1[C@H](c1ccccc1)C2. The van der Waals surface area contributed by atoms with Crippen LogP contribution in [0.1, 0.15) is 67.9 Å². The number of rotatable bonds is 6. The summed E-state index contributed by atoms with van der Waals surface area (Å²) < 4.78 is 6.23. The first-order chi connectivity index (χ1) is 15.7. The Morgan fingerprint density at radius 2 is 1.44 bits per heavy atom. The van der Waals surface area contributed by atoms with Gasteiger partial charge in [-0.3, -0.25) is 9.69 Å². The molecule has 0 unspecified atom stereocenters. The number of carbonyl (C=O) groups is 1. The van der Waals surface area contributed by atoms with Gasteiger partial charge in [0.25, 0.3) is 0 Å². The molecule has 1 aliphatic heterocycles. The number of fused-ring (bicyclic) bond motifs is 3. The predicted octanol–water partition coefficient (Wildman–Crippen LogP) is 6.13. The molecular formula is C28H34ClNO2. The van der Waals surface area contributed by atoms with Gasteiger partial charge in [-0.2, -0.15) is 0 Å². The van der Waals surface area contributed by atoms with Crippen molar-refractivity contribution in [3.05, 3.63) is 71.8 Å². The quantitative estimate of drug-likeness (QED) is 0.390. The summed E-state index contributed by atoms with van der Waals surface area (Å²) in [5, 5.41) is 0. The van der Waals surface area contributed by atoms with Crippen LogP contribution in [-0.4, -0.2) is 41.5 Å². The minimum atomic E-state index is -0.148. The van der Waals surface area contributed by atoms with E-state index in [1.807, 2.05) is 0 Å². The molecule has 3 aliphatic carbocycles. The number of halogens is 1. The zero-order valence-corrected chi connectivity index (χ0v) is 19.6. The highest BCUT2D eigenvalue weighted by atomic mass is 35.5. The van der Waals surface area contributed by atoms with Crippen LogP contribution in [-0.2, 0) is 9.53 Å². The summed E-state index contributed by atoms with van der Waals surface area (Å²) in [5.41, 5.74) is 2.86. The van der Waals surface area contributed by atoms with E-state index in [4.69, 9.17) is 16.3 Å². The average molecular weight is 452 g/mol. The maximum Gasteiger partial charge on any atom is 0.307 e. The topological polar surface area (TPSA) is 29.5 Å². The fraction of sp³-hybridized carbons (Fsp3) is 0.536. The van der Waals surface area contributed by atoms with Gasteiger partial charge in [-0.1, -0.05) is 67.1 Å². The third-order valence-corrected chi connectivity index (χ3v) is 8.39. The summed E-state index contributed by atoms with van der Waals surface area (Å²) in [7, 11) is 0. The van der Waals surface area contributed by atoms with E-state index < -0.39 is 0 Å². The molecule has 0 N–H and O–H groups in total. The van der Waals surface area contributed by atoms with Crippen LogP contribution >= 0.6 is 11.6 Å². The van der Waals surface area contributed by atoms with Crippen molar-refractivity contribution in [1.29, 1.82) is 0 Å². The highest BCUT2D eigenvalue weighted by Gasteiger charge is 2.59. The number of ether oxygens (including phenoxy) is 1. The van der Waals surface area contributed by atoms with Gasteiger partial charge >= 0.3 is 5.97 Å². The monoisotopic (exact) mass is 451 g/mol. The van der Waals surface area contributed by atoms with Crippen molar-refractivity contribution in [2.75, 3.05) is 19.0 Å². The summed E-state index contributed by atoms with van der Waals surface area (Å²) >= 11 is 5.88. The summed E-state index contributed by atoms with van der Waals surface area (Å²) in [4.78, 5) is 15.4. The number of nitrogens with zero attached hydrogens (tertiary/aromatic N) is 1. The Morgan fingerprint density at radius 3 is 1.97 bits per heavy atom. The van der Waals surface area contributed by atoms with Crippen molar-refractivity contribution in [1.82, 2.24) is 4.90 Å². The molecule has 3 nitrogen and oxygen atoms in total. The molecule has 170 valence electrons. The number of alkyl halides is 1. The van der Waals surface area contributed by atoms with Crippen LogP contribution < -0.4 is 0 Å². The second kappa shape index (κ2) is 9.57. The summed E-state index contributed by atoms with van der Waals surface area (Å²) in [6, 6.07) is 21.9. The van der Waals surface area contributed by atoms with E-state index >= 15 is 0 Å². The van der Waals surface area contributed by atoms with E-state index in [1.54, 1.807) is 0 Å². The number of benzene rings is 2. The minimum absolute atomic E-state index is 0.0643. The Kier molecular flexibility index (Phi) is 6.57. The number of piperidine rings is 1. The van der Waals surface area contributed by atoms with Crippen molar-refractivity contribution >= 4 is 17.6 Å². The first kappa shape index (κ1) is 22.0. The Bertz CT molecular complexity index is 847. The highest BCUT2D eigenvalue weighted by Crippen LogP contribution is 2.60. The third kappa shape index (κ3) is 4.22. The maximum absolute atomic E-state index is 12.6. The lowest BCUT2D eigenvalue weighted by molar-refractivity contribution is -0.169. The fourth-order valence-corrected chi connectivity index (χ4v) is 7.07. The molecule has 4 aliphatic rings. The van der Waals surface area contributed by atoms with Gasteiger partial charge in [-0.05, 0) is 61.7 Å². The van der Waals surface area contributed by atoms with Crippen LogP contribution in [0.15, 0.2) is 60.7 Å². The van der Waals surface area contributed by atoms with Gasteiger partial charge in [0.2, 0.25) is 0 Å². The molecule has 2 aromatic rings. The van der Waals surface area contributed by atoms with Gasteiger partial charge in [-0.15, -0.1) is 11.6 Å². The Labute approximate surface area is 197 Å². The summed E-state index contributed by atoms with van der Waals surface area (Å²) in [6.07, 6.45) is 7.37. The maximum atomic E-state index is 12.6. The van der Waals surface area contributed by atoms with Gasteiger partial charge < -0.3 is 4.74 Å². The molecule has 1 heterocycles. The van der Waals surface area contributed by atoms with E-state index in [1.165, 1.54) is 30.4 Å². The molecular weight excluding hydrogens is 418 g/mol. The zero-order chi connectivity index (χ0) is 22.0. The van der Waals surface area contributed by atoms with Crippen LogP contribution in [0, 0.1) is 5.92 Å². The molecule has 6 rings (SSSR count). The van der Waals surface area contributed by atoms with Crippen molar-refractivity contribution in [3.63, 3.8) is 0 Å². The Hall–Kier alpha value is -1.84. The van der Waals surface area contributed by atoms with Crippen molar-refractivity contribution in [3.8, 4) is 0 Å². The van der Waals surface area contributed by atoms with E-state index in [0.29, 0.717) is 23.6 Å². The van der Waals surface area contributed by atoms with E-state index in [0.717, 1.165) is 32.4 Å². The normalized spacial score (nSPS) is 32.5. The number of esters is 1. The second-order valence-corrected chi connectivity index (χ2v) is 10.3. The fourth-order valence-electron chi connectivity index (χ4n) is 6.91. The molecule has 4 heteroatoms. The molecule has 0 spiro atoms. The molecule has 32 heavy (non-hydrogen) atoms. The van der Waals surface area contributed by atoms with Crippen LogP contribution in [0.25, 0.3) is 0 Å². The largest absolute Gasteiger partial charge is 0.462 e. The minimum Gasteiger partial charge on any atom is -0.462 e. The molecule has 3 atom stereocenters. The number of carbonyl (C=O) groups excluding carboxylic acids is 1. The Morgan fingerprint density at radius 1 is 0.875 bits per heavy atom. The van der Waals surface area contributed by atoms with Gasteiger partial charge in [0.05, 0.1) is 6.42 Å². The number of likely N-dealkylation sites (tertiary alicyclic amines) is 1. The standard InChI is InChI=1S/C28H34ClNO2/c29-15-14-26(31)32-25-20-28(30-16-8-3-9-17-30)18-23(21-10-4-1-5-11-21)27(25)24(19-28)22-12-6-2-7-13-22/h1-2,4-7,10-13,23-25,27H,3,8-9,14-20H2/t23-,24-,25-,27?,28?/m0/s1. The summed E-state index contributed by atoms with van der Waals surface area (Å²) in [6.45, 7) is 2.33. The van der Waals surface area contributed by atoms with Crippen LogP contribution in [0.3, 0.4) is 0 Å². The lowest BCUT2D eigenvalue weighted by Crippen LogP contribution is -2.64. The molecule has 0 aromatic heterocycles. The average Bonchev–Trinajstić information content (AvgIpc) is 2.85. The lowest BCUT2D eigenvalue weighted by Gasteiger charge is -2.62. The van der Waals surface area contributed by atoms with Gasteiger partial charge in [-0.25, -0.2) is 0 Å². The summed E-state index contributed by atoms with van der Waals surface area (Å²) in [5.74, 6) is 1.24. The van der Waals surface area contributed by atoms with Crippen molar-refractivity contribution in [2.45, 2.75) is 68.4 Å². The van der Waals surface area contributed by atoms with Crippen molar-refractivity contribution < 1.29 is 9.53 Å². The van der Waals surface area contributed by atoms with Gasteiger partial charge in [0.1, 0.15) is 6.10 Å².